The number of rotatable bonds is 3. The lowest BCUT2D eigenvalue weighted by atomic mass is 10.1. The van der Waals surface area contributed by atoms with Crippen molar-refractivity contribution in [2.45, 2.75) is 6.42 Å². The average molecular weight is 245 g/mol. The van der Waals surface area contributed by atoms with Crippen LogP contribution in [0.4, 0.5) is 10.1 Å². The summed E-state index contributed by atoms with van der Waals surface area (Å²) in [6.07, 6.45) is 0.0907. The number of carbonyl (C=O) groups is 1. The number of benzene rings is 2. The monoisotopic (exact) mass is 245 g/mol. The van der Waals surface area contributed by atoms with Crippen LogP contribution in [0.1, 0.15) is 5.56 Å². The van der Waals surface area contributed by atoms with Crippen molar-refractivity contribution in [1.29, 1.82) is 0 Å². The van der Waals surface area contributed by atoms with Crippen molar-refractivity contribution in [2.75, 3.05) is 5.32 Å². The first-order chi connectivity index (χ1) is 8.63. The van der Waals surface area contributed by atoms with E-state index in [1.54, 1.807) is 24.3 Å². The Balaban J connectivity index is 2.01. The van der Waals surface area contributed by atoms with Crippen LogP contribution < -0.4 is 5.32 Å². The third-order valence-electron chi connectivity index (χ3n) is 2.38. The normalized spacial score (nSPS) is 10.1. The predicted molar refractivity (Wildman–Crippen MR) is 66.8 cm³/mol. The van der Waals surface area contributed by atoms with Crippen molar-refractivity contribution >= 4 is 11.6 Å². The molecule has 0 aliphatic heterocycles. The lowest BCUT2D eigenvalue weighted by molar-refractivity contribution is -0.115. The Morgan fingerprint density at radius 1 is 1.17 bits per heavy atom. The van der Waals surface area contributed by atoms with Crippen molar-refractivity contribution in [3.05, 3.63) is 59.9 Å². The number of anilines is 1. The standard InChI is InChI=1S/C14H12FNO2/c15-11-4-1-3-10(7-11)8-14(18)16-12-5-2-6-13(17)9-12/h1-7,9,17H,8H2,(H,16,18). The van der Waals surface area contributed by atoms with E-state index in [4.69, 9.17) is 0 Å². The van der Waals surface area contributed by atoms with Gasteiger partial charge < -0.3 is 10.4 Å². The molecule has 0 saturated carbocycles. The number of carbonyl (C=O) groups excluding carboxylic acids is 1. The van der Waals surface area contributed by atoms with Crippen molar-refractivity contribution in [1.82, 2.24) is 0 Å². The van der Waals surface area contributed by atoms with E-state index in [1.807, 2.05) is 0 Å². The molecule has 18 heavy (non-hydrogen) atoms. The first-order valence-electron chi connectivity index (χ1n) is 5.47. The van der Waals surface area contributed by atoms with Crippen LogP contribution in [0.15, 0.2) is 48.5 Å². The van der Waals surface area contributed by atoms with Gasteiger partial charge >= 0.3 is 0 Å². The van der Waals surface area contributed by atoms with Crippen LogP contribution in [0, 0.1) is 5.82 Å². The highest BCUT2D eigenvalue weighted by Crippen LogP contribution is 2.15. The Hall–Kier alpha value is -2.36. The molecule has 0 unspecified atom stereocenters. The third kappa shape index (κ3) is 3.31. The molecule has 1 amide bonds. The van der Waals surface area contributed by atoms with Gasteiger partial charge in [-0.15, -0.1) is 0 Å². The van der Waals surface area contributed by atoms with Crippen LogP contribution in [-0.4, -0.2) is 11.0 Å². The number of phenolic OH excluding ortho intramolecular Hbond substituents is 1. The van der Waals surface area contributed by atoms with E-state index in [0.717, 1.165) is 0 Å². The molecule has 3 nitrogen and oxygen atoms in total. The zero-order chi connectivity index (χ0) is 13.0. The Morgan fingerprint density at radius 2 is 1.94 bits per heavy atom. The van der Waals surface area contributed by atoms with E-state index in [0.29, 0.717) is 11.3 Å². The Kier molecular flexibility index (Phi) is 3.57. The van der Waals surface area contributed by atoms with Crippen LogP contribution in [0.25, 0.3) is 0 Å². The van der Waals surface area contributed by atoms with Gasteiger partial charge in [-0.05, 0) is 29.8 Å². The lowest BCUT2D eigenvalue weighted by Crippen LogP contribution is -2.14. The van der Waals surface area contributed by atoms with Crippen molar-refractivity contribution in [3.63, 3.8) is 0 Å². The Bertz CT molecular complexity index is 520. The van der Waals surface area contributed by atoms with E-state index >= 15 is 0 Å². The summed E-state index contributed by atoms with van der Waals surface area (Å²) in [5.74, 6) is -0.539. The minimum atomic E-state index is -0.363. The molecule has 0 spiro atoms. The molecule has 2 aromatic rings. The fourth-order valence-corrected chi connectivity index (χ4v) is 1.62. The number of amides is 1. The molecule has 0 bridgehead atoms. The number of phenols is 1. The molecule has 4 heteroatoms. The molecular formula is C14H12FNO2. The largest absolute Gasteiger partial charge is 0.508 e. The Labute approximate surface area is 104 Å². The minimum Gasteiger partial charge on any atom is -0.508 e. The summed E-state index contributed by atoms with van der Waals surface area (Å²) in [5.41, 5.74) is 1.11. The summed E-state index contributed by atoms with van der Waals surface area (Å²) in [5, 5.41) is 11.9. The van der Waals surface area contributed by atoms with Gasteiger partial charge in [-0.3, -0.25) is 4.79 Å². The maximum atomic E-state index is 12.9. The fraction of sp³-hybridized carbons (Fsp3) is 0.0714. The van der Waals surface area contributed by atoms with Gasteiger partial charge in [0.1, 0.15) is 11.6 Å². The first-order valence-corrected chi connectivity index (χ1v) is 5.47. The molecule has 0 aliphatic carbocycles. The molecule has 0 atom stereocenters. The number of hydrogen-bond donors (Lipinski definition) is 2. The van der Waals surface area contributed by atoms with Gasteiger partial charge in [-0.25, -0.2) is 4.39 Å². The second kappa shape index (κ2) is 5.31. The molecule has 2 N–H and O–H groups in total. The number of halogens is 1. The lowest BCUT2D eigenvalue weighted by Gasteiger charge is -2.05. The Morgan fingerprint density at radius 3 is 2.67 bits per heavy atom. The van der Waals surface area contributed by atoms with Crippen molar-refractivity contribution in [3.8, 4) is 5.75 Å². The average Bonchev–Trinajstić information content (AvgIpc) is 2.28. The zero-order valence-electron chi connectivity index (χ0n) is 9.56. The number of aromatic hydroxyl groups is 1. The number of nitrogens with one attached hydrogen (secondary N) is 1. The fourth-order valence-electron chi connectivity index (χ4n) is 1.62. The van der Waals surface area contributed by atoms with Gasteiger partial charge in [0.25, 0.3) is 0 Å². The molecular weight excluding hydrogens is 233 g/mol. The highest BCUT2D eigenvalue weighted by molar-refractivity contribution is 5.92. The molecule has 0 saturated heterocycles. The van der Waals surface area contributed by atoms with Gasteiger partial charge in [0, 0.05) is 11.8 Å². The van der Waals surface area contributed by atoms with Crippen LogP contribution in [0.2, 0.25) is 0 Å². The quantitative estimate of drug-likeness (QED) is 0.873. The molecule has 0 fully saturated rings. The third-order valence-corrected chi connectivity index (χ3v) is 2.38. The molecule has 0 radical (unpaired) electrons. The van der Waals surface area contributed by atoms with Crippen LogP contribution >= 0.6 is 0 Å². The molecule has 0 aromatic heterocycles. The maximum absolute atomic E-state index is 12.9. The summed E-state index contributed by atoms with van der Waals surface area (Å²) in [6.45, 7) is 0. The predicted octanol–water partition coefficient (Wildman–Crippen LogP) is 2.71. The minimum absolute atomic E-state index is 0.0820. The van der Waals surface area contributed by atoms with Crippen LogP contribution in [0.5, 0.6) is 5.75 Å². The topological polar surface area (TPSA) is 49.3 Å². The van der Waals surface area contributed by atoms with E-state index in [2.05, 4.69) is 5.32 Å². The highest BCUT2D eigenvalue weighted by atomic mass is 19.1. The molecule has 2 rings (SSSR count). The second-order valence-electron chi connectivity index (χ2n) is 3.91. The van der Waals surface area contributed by atoms with Gasteiger partial charge in [-0.1, -0.05) is 18.2 Å². The van der Waals surface area contributed by atoms with Crippen molar-refractivity contribution in [2.24, 2.45) is 0 Å². The zero-order valence-corrected chi connectivity index (χ0v) is 9.56. The van der Waals surface area contributed by atoms with Gasteiger partial charge in [-0.2, -0.15) is 0 Å². The van der Waals surface area contributed by atoms with E-state index in [-0.39, 0.29) is 23.9 Å². The highest BCUT2D eigenvalue weighted by Gasteiger charge is 2.05. The SMILES string of the molecule is O=C(Cc1cccc(F)c1)Nc1cccc(O)c1. The summed E-state index contributed by atoms with van der Waals surface area (Å²) in [4.78, 5) is 11.7. The summed E-state index contributed by atoms with van der Waals surface area (Å²) in [6, 6.07) is 12.2. The summed E-state index contributed by atoms with van der Waals surface area (Å²) >= 11 is 0. The first kappa shape index (κ1) is 12.1. The molecule has 0 heterocycles. The molecule has 92 valence electrons. The maximum Gasteiger partial charge on any atom is 0.228 e. The molecule has 0 aliphatic rings. The van der Waals surface area contributed by atoms with E-state index < -0.39 is 0 Å². The van der Waals surface area contributed by atoms with Gasteiger partial charge in [0.2, 0.25) is 5.91 Å². The molecule has 2 aromatic carbocycles. The van der Waals surface area contributed by atoms with Crippen molar-refractivity contribution < 1.29 is 14.3 Å². The summed E-state index contributed by atoms with van der Waals surface area (Å²) < 4.78 is 12.9. The second-order valence-corrected chi connectivity index (χ2v) is 3.91. The summed E-state index contributed by atoms with van der Waals surface area (Å²) in [7, 11) is 0. The van der Waals surface area contributed by atoms with Crippen LogP contribution in [-0.2, 0) is 11.2 Å². The van der Waals surface area contributed by atoms with E-state index in [1.165, 1.54) is 24.3 Å². The van der Waals surface area contributed by atoms with Gasteiger partial charge in [0.05, 0.1) is 6.42 Å². The number of hydrogen-bond acceptors (Lipinski definition) is 2. The van der Waals surface area contributed by atoms with E-state index in [9.17, 15) is 14.3 Å². The smallest absolute Gasteiger partial charge is 0.228 e. The van der Waals surface area contributed by atoms with Crippen LogP contribution in [0.3, 0.4) is 0 Å². The van der Waals surface area contributed by atoms with Gasteiger partial charge in [0.15, 0.2) is 0 Å².